The third-order valence-electron chi connectivity index (χ3n) is 14.6. The van der Waals surface area contributed by atoms with E-state index in [2.05, 4.69) is 31.9 Å². The molecule has 6 heterocycles. The van der Waals surface area contributed by atoms with Gasteiger partial charge in [-0.3, -0.25) is 24.0 Å². The number of carboxylic acid groups (broad SMARTS) is 1. The van der Waals surface area contributed by atoms with Gasteiger partial charge in [-0.25, -0.2) is 9.59 Å². The summed E-state index contributed by atoms with van der Waals surface area (Å²) in [7, 11) is 0. The molecule has 1 fully saturated rings. The lowest BCUT2D eigenvalue weighted by Crippen LogP contribution is -2.55. The van der Waals surface area contributed by atoms with Crippen molar-refractivity contribution in [3.63, 3.8) is 0 Å². The second-order valence-electron chi connectivity index (χ2n) is 20.5. The number of carbonyl (C=O) groups is 7. The number of carboxylic acids is 1. The minimum absolute atomic E-state index is 0.0527. The molecule has 13 rings (SSSR count). The lowest BCUT2D eigenvalue weighted by molar-refractivity contribution is -0.143. The van der Waals surface area contributed by atoms with Crippen molar-refractivity contribution in [2.45, 2.75) is 54.8 Å². The van der Waals surface area contributed by atoms with Crippen LogP contribution in [-0.2, 0) is 39.9 Å². The van der Waals surface area contributed by atoms with Gasteiger partial charge < -0.3 is 97.4 Å². The minimum atomic E-state index is -2.19. The van der Waals surface area contributed by atoms with Crippen LogP contribution in [0.3, 0.4) is 0 Å². The fourth-order valence-corrected chi connectivity index (χ4v) is 10.8. The maximum Gasteiger partial charge on any atom is 0.407 e. The molecule has 1 saturated heterocycles. The van der Waals surface area contributed by atoms with Crippen molar-refractivity contribution >= 4 is 64.8 Å². The van der Waals surface area contributed by atoms with Crippen LogP contribution < -0.4 is 51.8 Å². The van der Waals surface area contributed by atoms with E-state index in [-0.39, 0.29) is 68.3 Å². The molecular weight excluding hydrogens is 1180 g/mol. The van der Waals surface area contributed by atoms with Crippen molar-refractivity contribution in [2.75, 3.05) is 6.61 Å². The number of phenols is 6. The summed E-state index contributed by atoms with van der Waals surface area (Å²) in [5, 5.41) is 105. The highest BCUT2D eigenvalue weighted by atomic mass is 35.5. The Morgan fingerprint density at radius 1 is 0.552 bits per heavy atom. The van der Waals surface area contributed by atoms with Crippen molar-refractivity contribution in [1.29, 1.82) is 0 Å². The monoisotopic (exact) mass is 1230 g/mol. The molecule has 7 aromatic carbocycles. The molecular formula is C59H47Cl2N7O19. The first-order valence-electron chi connectivity index (χ1n) is 26.1. The molecule has 8 atom stereocenters. The molecule has 7 aromatic rings. The van der Waals surface area contributed by atoms with Gasteiger partial charge in [-0.15, -0.1) is 0 Å². The minimum Gasteiger partial charge on any atom is -0.508 e. The number of aliphatic hydroxyl groups is 1. The third kappa shape index (κ3) is 11.7. The van der Waals surface area contributed by atoms with E-state index < -0.39 is 153 Å². The van der Waals surface area contributed by atoms with Gasteiger partial charge in [0, 0.05) is 28.8 Å². The van der Waals surface area contributed by atoms with E-state index in [9.17, 15) is 60.0 Å². The number of halogens is 2. The summed E-state index contributed by atoms with van der Waals surface area (Å²) in [5.74, 6) is -13.7. The van der Waals surface area contributed by atoms with Gasteiger partial charge in [0.2, 0.25) is 35.3 Å². The zero-order valence-corrected chi connectivity index (χ0v) is 45.9. The van der Waals surface area contributed by atoms with Gasteiger partial charge in [0.15, 0.2) is 29.0 Å². The number of hydrogen-bond donors (Lipinski definition) is 15. The number of rotatable bonds is 5. The number of amides is 6. The number of fused-ring (bicyclic) bond motifs is 15. The van der Waals surface area contributed by atoms with Gasteiger partial charge in [0.25, 0.3) is 0 Å². The zero-order valence-electron chi connectivity index (χ0n) is 44.4. The number of hydrogen-bond acceptors (Lipinski definition) is 19. The second kappa shape index (κ2) is 23.1. The summed E-state index contributed by atoms with van der Waals surface area (Å²) in [6.45, 7) is -0.0527. The quantitative estimate of drug-likeness (QED) is 0.0997. The van der Waals surface area contributed by atoms with Crippen molar-refractivity contribution in [3.05, 3.63) is 164 Å². The van der Waals surface area contributed by atoms with Crippen LogP contribution in [0.4, 0.5) is 4.79 Å². The van der Waals surface area contributed by atoms with Crippen LogP contribution in [0.2, 0.25) is 10.0 Å². The molecule has 0 saturated carbocycles. The van der Waals surface area contributed by atoms with Crippen LogP contribution in [-0.4, -0.2) is 101 Å². The summed E-state index contributed by atoms with van der Waals surface area (Å²) < 4.78 is 23.4. The van der Waals surface area contributed by atoms with E-state index in [0.717, 1.165) is 60.7 Å². The van der Waals surface area contributed by atoms with E-state index in [1.165, 1.54) is 54.6 Å². The number of aromatic hydroxyl groups is 6. The summed E-state index contributed by atoms with van der Waals surface area (Å²) in [6.07, 6.45) is -3.03. The van der Waals surface area contributed by atoms with Crippen LogP contribution in [0, 0.1) is 0 Å². The number of alkyl carbamates (subject to hydrolysis) is 1. The first-order chi connectivity index (χ1) is 41.5. The number of nitrogens with one attached hydrogen (secondary N) is 6. The maximum atomic E-state index is 15.7. The highest BCUT2D eigenvalue weighted by Crippen LogP contribution is 2.48. The number of aliphatic hydroxyl groups excluding tert-OH is 1. The maximum absolute atomic E-state index is 15.7. The number of phenolic OH excluding ortho intramolecular Hbond substituents is 6. The molecule has 11 bridgehead atoms. The second-order valence-corrected chi connectivity index (χ2v) is 21.3. The Labute approximate surface area is 499 Å². The van der Waals surface area contributed by atoms with Crippen LogP contribution in [0.1, 0.15) is 75.3 Å². The Balaban J connectivity index is 1.10. The molecule has 6 aliphatic heterocycles. The Morgan fingerprint density at radius 2 is 1.15 bits per heavy atom. The van der Waals surface area contributed by atoms with Gasteiger partial charge in [-0.05, 0) is 119 Å². The van der Waals surface area contributed by atoms with Crippen molar-refractivity contribution in [3.8, 4) is 80.1 Å². The third-order valence-corrected chi connectivity index (χ3v) is 15.2. The predicted octanol–water partition coefficient (Wildman–Crippen LogP) is 5.59. The molecule has 28 heteroatoms. The predicted molar refractivity (Wildman–Crippen MR) is 301 cm³/mol. The molecule has 0 aromatic heterocycles. The van der Waals surface area contributed by atoms with Crippen molar-refractivity contribution < 1.29 is 93.4 Å². The Morgan fingerprint density at radius 3 is 1.80 bits per heavy atom. The number of carbonyl (C=O) groups excluding carboxylic acids is 6. The fraction of sp³-hybridized carbons (Fsp3) is 0.169. The van der Waals surface area contributed by atoms with Gasteiger partial charge in [0.05, 0.1) is 22.1 Å². The van der Waals surface area contributed by atoms with E-state index in [1.807, 2.05) is 0 Å². The molecule has 0 spiro atoms. The van der Waals surface area contributed by atoms with Crippen LogP contribution in [0.5, 0.6) is 69.0 Å². The highest BCUT2D eigenvalue weighted by Gasteiger charge is 2.41. The van der Waals surface area contributed by atoms with Crippen LogP contribution >= 0.6 is 23.2 Å². The van der Waals surface area contributed by atoms with Crippen molar-refractivity contribution in [2.24, 2.45) is 5.73 Å². The summed E-state index contributed by atoms with van der Waals surface area (Å²) in [4.78, 5) is 100. The van der Waals surface area contributed by atoms with E-state index in [0.29, 0.717) is 11.1 Å². The summed E-state index contributed by atoms with van der Waals surface area (Å²) in [6, 6.07) is 9.72. The average Bonchev–Trinajstić information content (AvgIpc) is 2.68. The summed E-state index contributed by atoms with van der Waals surface area (Å²) >= 11 is 13.6. The van der Waals surface area contributed by atoms with E-state index >= 15 is 14.4 Å². The average molecular weight is 1230 g/mol. The first-order valence-corrected chi connectivity index (χ1v) is 26.9. The standard InChI is InChI=1S/C59H47Cl2N7O19/c60-33-9-22-1-7-40(33)86-43-16-27-17-44(52(43)75)87-41-8-4-25(14-34(41)61)51(74)50-57(80)67-49(58(81)82)32-19-29(70)20-39(73)45(32)31-13-24(3-5-37(31)71)46(54(77)68-50)65-56(79)48(27)66-55(78)47(64-53(76)35(62)10-22)26-11-28(69)18-30(12-26)85-42-15-23(2-6-38(42)72)36-21-84-59(83)63-36/h1-9,11-20,35-36,46-51,69-75H,10,21,62H2,(H,63,83)(H,64,76)(H,65,79)(H,66,78)(H,67,80)(H,68,77)(H,81,82)/t35-,36?,46-,47+,48-,49+,50+,51-/m1/s1. The smallest absolute Gasteiger partial charge is 0.407 e. The highest BCUT2D eigenvalue weighted by molar-refractivity contribution is 6.32. The first kappa shape index (κ1) is 58.1. The number of ether oxygens (including phenoxy) is 4. The van der Waals surface area contributed by atoms with Gasteiger partial charge in [-0.2, -0.15) is 0 Å². The zero-order chi connectivity index (χ0) is 61.9. The number of nitrogens with two attached hydrogens (primary N) is 1. The molecule has 6 aliphatic rings. The van der Waals surface area contributed by atoms with Gasteiger partial charge in [-0.1, -0.05) is 47.5 Å². The van der Waals surface area contributed by atoms with Gasteiger partial charge >= 0.3 is 12.1 Å². The molecule has 0 radical (unpaired) electrons. The normalized spacial score (nSPS) is 21.9. The van der Waals surface area contributed by atoms with E-state index in [1.54, 1.807) is 0 Å². The van der Waals surface area contributed by atoms with Crippen LogP contribution in [0.25, 0.3) is 11.1 Å². The number of aliphatic carboxylic acids is 1. The largest absolute Gasteiger partial charge is 0.508 e. The lowest BCUT2D eigenvalue weighted by Gasteiger charge is -2.31. The number of benzene rings is 7. The number of cyclic esters (lactones) is 1. The molecule has 16 N–H and O–H groups in total. The van der Waals surface area contributed by atoms with Crippen molar-refractivity contribution in [1.82, 2.24) is 31.9 Å². The molecule has 87 heavy (non-hydrogen) atoms. The lowest BCUT2D eigenvalue weighted by atomic mass is 9.89. The van der Waals surface area contributed by atoms with Crippen LogP contribution in [0.15, 0.2) is 115 Å². The van der Waals surface area contributed by atoms with Gasteiger partial charge in [0.1, 0.15) is 77.1 Å². The molecule has 1 unspecified atom stereocenters. The Kier molecular flexibility index (Phi) is 15.4. The molecule has 446 valence electrons. The topological polar surface area (TPSA) is 416 Å². The fourth-order valence-electron chi connectivity index (χ4n) is 10.3. The van der Waals surface area contributed by atoms with E-state index in [4.69, 9.17) is 47.9 Å². The Hall–Kier alpha value is -10.7. The Bertz CT molecular complexity index is 4070. The summed E-state index contributed by atoms with van der Waals surface area (Å²) in [5.41, 5.74) is 4.89. The molecule has 26 nitrogen and oxygen atoms in total. The SMILES string of the molecule is N[C@@H]1Cc2ccc(c(Cl)c2)Oc2cc3cc(c2O)Oc2ccc(cc2Cl)[C@@H](O)[C@@H]2NC(=O)[C@H](NC(=O)[C@@H]3NC(=O)[C@H](c3cc(O)cc(Oc4cc(C5COC(=O)N5)ccc4O)c3)NC1=O)c1ccc(O)c(c1)-c1c(O)cc(O)cc1[C@@H](C(=O)O)NC2=O. The molecule has 0 aliphatic carbocycles. The molecule has 6 amide bonds.